The number of hydrogen-bond acceptors (Lipinski definition) is 3. The van der Waals surface area contributed by atoms with Gasteiger partial charge >= 0.3 is 0 Å². The van der Waals surface area contributed by atoms with E-state index in [1.165, 1.54) is 0 Å². The van der Waals surface area contributed by atoms with Crippen LogP contribution < -0.4 is 5.32 Å². The van der Waals surface area contributed by atoms with Gasteiger partial charge in [0, 0.05) is 6.61 Å². The first kappa shape index (κ1) is 11.4. The van der Waals surface area contributed by atoms with E-state index in [1.807, 2.05) is 0 Å². The molecule has 1 N–H and O–H groups in total. The fourth-order valence-corrected chi connectivity index (χ4v) is 2.64. The molecule has 0 aromatic heterocycles. The number of carbonyl (C=O) groups excluding carboxylic acids is 1. The predicted octanol–water partition coefficient (Wildman–Crippen LogP) is 1.22. The van der Waals surface area contributed by atoms with Gasteiger partial charge < -0.3 is 10.1 Å². The molecular formula is C12H18N2O2. The normalized spacial score (nSPS) is 38.2. The lowest BCUT2D eigenvalue weighted by molar-refractivity contribution is -0.135. The lowest BCUT2D eigenvalue weighted by atomic mass is 9.63. The lowest BCUT2D eigenvalue weighted by Gasteiger charge is -2.40. The van der Waals surface area contributed by atoms with Crippen LogP contribution >= 0.6 is 0 Å². The fourth-order valence-electron chi connectivity index (χ4n) is 2.64. The number of carbonyl (C=O) groups is 1. The van der Waals surface area contributed by atoms with E-state index < -0.39 is 5.41 Å². The van der Waals surface area contributed by atoms with E-state index in [0.717, 1.165) is 19.4 Å². The monoisotopic (exact) mass is 222 g/mol. The Morgan fingerprint density at radius 3 is 2.81 bits per heavy atom. The fraction of sp³-hybridized carbons (Fsp3) is 0.833. The number of hydrogen-bond donors (Lipinski definition) is 1. The van der Waals surface area contributed by atoms with Crippen molar-refractivity contribution >= 4 is 5.91 Å². The minimum atomic E-state index is -0.753. The third-order valence-corrected chi connectivity index (χ3v) is 3.54. The highest BCUT2D eigenvalue weighted by Gasteiger charge is 2.49. The molecular weight excluding hydrogens is 204 g/mol. The van der Waals surface area contributed by atoms with Crippen molar-refractivity contribution in [2.24, 2.45) is 11.3 Å². The van der Waals surface area contributed by atoms with Crippen molar-refractivity contribution < 1.29 is 9.53 Å². The SMILES string of the molecule is CC1CC(C#N)(C(=O)NC2CCCOC2)C1. The van der Waals surface area contributed by atoms with Crippen LogP contribution in [0.25, 0.3) is 0 Å². The van der Waals surface area contributed by atoms with E-state index in [-0.39, 0.29) is 11.9 Å². The second-order valence-electron chi connectivity index (χ2n) is 5.09. The van der Waals surface area contributed by atoms with E-state index in [0.29, 0.717) is 25.4 Å². The summed E-state index contributed by atoms with van der Waals surface area (Å²) in [5.41, 5.74) is -0.753. The summed E-state index contributed by atoms with van der Waals surface area (Å²) in [6.07, 6.45) is 3.34. The van der Waals surface area contributed by atoms with E-state index in [1.54, 1.807) is 0 Å². The van der Waals surface area contributed by atoms with Crippen molar-refractivity contribution in [2.45, 2.75) is 38.6 Å². The molecule has 1 amide bonds. The number of nitriles is 1. The zero-order valence-corrected chi connectivity index (χ0v) is 9.66. The summed E-state index contributed by atoms with van der Waals surface area (Å²) in [5, 5.41) is 12.1. The van der Waals surface area contributed by atoms with Crippen molar-refractivity contribution in [3.63, 3.8) is 0 Å². The standard InChI is InChI=1S/C12H18N2O2/c1-9-5-12(6-9,8-13)11(15)14-10-3-2-4-16-7-10/h9-10H,2-7H2,1H3,(H,14,15). The Morgan fingerprint density at radius 2 is 2.31 bits per heavy atom. The van der Waals surface area contributed by atoms with Gasteiger partial charge in [-0.3, -0.25) is 4.79 Å². The number of amides is 1. The molecule has 88 valence electrons. The van der Waals surface area contributed by atoms with Crippen LogP contribution in [-0.4, -0.2) is 25.2 Å². The van der Waals surface area contributed by atoms with E-state index in [2.05, 4.69) is 18.3 Å². The summed E-state index contributed by atoms with van der Waals surface area (Å²) >= 11 is 0. The first-order chi connectivity index (χ1) is 7.66. The van der Waals surface area contributed by atoms with Crippen molar-refractivity contribution in [3.8, 4) is 6.07 Å². The maximum atomic E-state index is 12.0. The molecule has 1 unspecified atom stereocenters. The number of rotatable bonds is 2. The van der Waals surface area contributed by atoms with Gasteiger partial charge in [-0.2, -0.15) is 5.26 Å². The molecule has 0 aromatic carbocycles. The molecule has 0 spiro atoms. The van der Waals surface area contributed by atoms with Crippen LogP contribution in [0.4, 0.5) is 0 Å². The summed E-state index contributed by atoms with van der Waals surface area (Å²) < 4.78 is 5.30. The third kappa shape index (κ3) is 2.05. The second-order valence-corrected chi connectivity index (χ2v) is 5.09. The molecule has 2 aliphatic rings. The molecule has 0 aromatic rings. The lowest BCUT2D eigenvalue weighted by Crippen LogP contribution is -2.52. The second kappa shape index (κ2) is 4.42. The quantitative estimate of drug-likeness (QED) is 0.764. The smallest absolute Gasteiger partial charge is 0.240 e. The molecule has 1 saturated heterocycles. The van der Waals surface area contributed by atoms with Crippen LogP contribution in [0.2, 0.25) is 0 Å². The molecule has 1 aliphatic carbocycles. The maximum absolute atomic E-state index is 12.0. The molecule has 16 heavy (non-hydrogen) atoms. The van der Waals surface area contributed by atoms with Gasteiger partial charge in [0.15, 0.2) is 0 Å². The first-order valence-electron chi connectivity index (χ1n) is 5.96. The highest BCUT2D eigenvalue weighted by atomic mass is 16.5. The summed E-state index contributed by atoms with van der Waals surface area (Å²) in [4.78, 5) is 12.0. The van der Waals surface area contributed by atoms with Crippen molar-refractivity contribution in [1.82, 2.24) is 5.32 Å². The van der Waals surface area contributed by atoms with Crippen LogP contribution in [0.3, 0.4) is 0 Å². The Labute approximate surface area is 96.0 Å². The molecule has 1 saturated carbocycles. The number of nitrogens with zero attached hydrogens (tertiary/aromatic N) is 1. The minimum absolute atomic E-state index is 0.0939. The van der Waals surface area contributed by atoms with E-state index in [4.69, 9.17) is 10.00 Å². The zero-order valence-electron chi connectivity index (χ0n) is 9.66. The van der Waals surface area contributed by atoms with Gasteiger partial charge in [-0.05, 0) is 31.6 Å². The molecule has 0 bridgehead atoms. The first-order valence-corrected chi connectivity index (χ1v) is 5.96. The minimum Gasteiger partial charge on any atom is -0.379 e. The van der Waals surface area contributed by atoms with Gasteiger partial charge in [0.05, 0.1) is 18.7 Å². The summed E-state index contributed by atoms with van der Waals surface area (Å²) in [5.74, 6) is 0.400. The zero-order chi connectivity index (χ0) is 11.6. The Hall–Kier alpha value is -1.08. The van der Waals surface area contributed by atoms with Gasteiger partial charge in [-0.25, -0.2) is 0 Å². The van der Waals surface area contributed by atoms with Crippen LogP contribution in [0, 0.1) is 22.7 Å². The Bertz CT molecular complexity index is 309. The summed E-state index contributed by atoms with van der Waals surface area (Å²) in [6.45, 7) is 3.45. The average molecular weight is 222 g/mol. The Morgan fingerprint density at radius 1 is 1.56 bits per heavy atom. The third-order valence-electron chi connectivity index (χ3n) is 3.54. The van der Waals surface area contributed by atoms with Gasteiger partial charge in [0.1, 0.15) is 5.41 Å². The molecule has 2 fully saturated rings. The van der Waals surface area contributed by atoms with Gasteiger partial charge in [-0.1, -0.05) is 6.92 Å². The largest absolute Gasteiger partial charge is 0.379 e. The van der Waals surface area contributed by atoms with E-state index >= 15 is 0 Å². The molecule has 1 atom stereocenters. The highest BCUT2D eigenvalue weighted by molar-refractivity contribution is 5.86. The molecule has 1 heterocycles. The van der Waals surface area contributed by atoms with Crippen LogP contribution in [0.15, 0.2) is 0 Å². The van der Waals surface area contributed by atoms with Crippen molar-refractivity contribution in [1.29, 1.82) is 5.26 Å². The average Bonchev–Trinajstić information content (AvgIpc) is 2.25. The number of ether oxygens (including phenoxy) is 1. The van der Waals surface area contributed by atoms with E-state index in [9.17, 15) is 4.79 Å². The topological polar surface area (TPSA) is 62.1 Å². The molecule has 4 nitrogen and oxygen atoms in total. The summed E-state index contributed by atoms with van der Waals surface area (Å²) in [7, 11) is 0. The van der Waals surface area contributed by atoms with Gasteiger partial charge in [-0.15, -0.1) is 0 Å². The molecule has 0 radical (unpaired) electrons. The molecule has 2 rings (SSSR count). The Kier molecular flexibility index (Phi) is 3.15. The Balaban J connectivity index is 1.89. The van der Waals surface area contributed by atoms with Gasteiger partial charge in [0.25, 0.3) is 0 Å². The maximum Gasteiger partial charge on any atom is 0.240 e. The molecule has 4 heteroatoms. The van der Waals surface area contributed by atoms with Gasteiger partial charge in [0.2, 0.25) is 5.91 Å². The number of nitrogens with one attached hydrogen (secondary N) is 1. The van der Waals surface area contributed by atoms with Crippen molar-refractivity contribution in [2.75, 3.05) is 13.2 Å². The highest BCUT2D eigenvalue weighted by Crippen LogP contribution is 2.45. The predicted molar refractivity (Wildman–Crippen MR) is 58.4 cm³/mol. The summed E-state index contributed by atoms with van der Waals surface area (Å²) in [6, 6.07) is 2.28. The van der Waals surface area contributed by atoms with Crippen LogP contribution in [0.5, 0.6) is 0 Å². The van der Waals surface area contributed by atoms with Crippen LogP contribution in [0.1, 0.15) is 32.6 Å². The van der Waals surface area contributed by atoms with Crippen LogP contribution in [-0.2, 0) is 9.53 Å². The van der Waals surface area contributed by atoms with Crippen molar-refractivity contribution in [3.05, 3.63) is 0 Å². The molecule has 1 aliphatic heterocycles.